The summed E-state index contributed by atoms with van der Waals surface area (Å²) in [7, 11) is 1.64. The fourth-order valence-corrected chi connectivity index (χ4v) is 2.32. The Morgan fingerprint density at radius 1 is 1.37 bits per heavy atom. The van der Waals surface area contributed by atoms with Crippen LogP contribution in [0, 0.1) is 0 Å². The predicted octanol–water partition coefficient (Wildman–Crippen LogP) is 2.84. The van der Waals surface area contributed by atoms with Crippen molar-refractivity contribution in [3.05, 3.63) is 28.2 Å². The van der Waals surface area contributed by atoms with Gasteiger partial charge in [0.1, 0.15) is 5.75 Å². The van der Waals surface area contributed by atoms with Crippen LogP contribution in [-0.2, 0) is 16.1 Å². The van der Waals surface area contributed by atoms with Gasteiger partial charge in [0.15, 0.2) is 0 Å². The first-order valence-electron chi connectivity index (χ1n) is 6.31. The minimum atomic E-state index is -0.183. The number of benzene rings is 1. The number of ether oxygens (including phenoxy) is 2. The van der Waals surface area contributed by atoms with Crippen LogP contribution in [0.3, 0.4) is 0 Å². The maximum Gasteiger partial charge on any atom is 0.320 e. The molecule has 0 bridgehead atoms. The maximum absolute atomic E-state index is 11.5. The van der Waals surface area contributed by atoms with Crippen LogP contribution in [0.15, 0.2) is 22.7 Å². The van der Waals surface area contributed by atoms with Crippen molar-refractivity contribution < 1.29 is 14.3 Å². The normalized spacial score (nSPS) is 10.6. The second kappa shape index (κ2) is 8.17. The van der Waals surface area contributed by atoms with Gasteiger partial charge in [0, 0.05) is 6.54 Å². The van der Waals surface area contributed by atoms with E-state index in [0.717, 1.165) is 22.3 Å². The molecule has 0 amide bonds. The zero-order valence-corrected chi connectivity index (χ0v) is 13.2. The first-order chi connectivity index (χ1) is 9.10. The molecule has 0 saturated heterocycles. The number of methoxy groups -OCH3 is 1. The van der Waals surface area contributed by atoms with Crippen molar-refractivity contribution in [1.82, 2.24) is 4.90 Å². The summed E-state index contributed by atoms with van der Waals surface area (Å²) in [5.41, 5.74) is 1.12. The molecule has 1 aromatic rings. The molecule has 0 radical (unpaired) electrons. The molecule has 19 heavy (non-hydrogen) atoms. The van der Waals surface area contributed by atoms with Crippen LogP contribution >= 0.6 is 15.9 Å². The average Bonchev–Trinajstić information content (AvgIpc) is 2.38. The van der Waals surface area contributed by atoms with Gasteiger partial charge in [-0.1, -0.05) is 13.0 Å². The highest BCUT2D eigenvalue weighted by atomic mass is 79.9. The van der Waals surface area contributed by atoms with Gasteiger partial charge in [0.05, 0.1) is 24.7 Å². The highest BCUT2D eigenvalue weighted by Crippen LogP contribution is 2.25. The smallest absolute Gasteiger partial charge is 0.320 e. The van der Waals surface area contributed by atoms with Crippen LogP contribution in [0.2, 0.25) is 0 Å². The standard InChI is InChI=1S/C14H20BrNO3/c1-4-16(10-14(17)19-5-2)9-11-6-7-13(18-3)12(15)8-11/h6-8H,4-5,9-10H2,1-3H3. The molecular weight excluding hydrogens is 310 g/mol. The van der Waals surface area contributed by atoms with Gasteiger partial charge in [-0.15, -0.1) is 0 Å². The van der Waals surface area contributed by atoms with Crippen LogP contribution < -0.4 is 4.74 Å². The van der Waals surface area contributed by atoms with Gasteiger partial charge in [-0.05, 0) is 47.1 Å². The third-order valence-corrected chi connectivity index (χ3v) is 3.35. The highest BCUT2D eigenvalue weighted by molar-refractivity contribution is 9.10. The van der Waals surface area contributed by atoms with Gasteiger partial charge in [-0.2, -0.15) is 0 Å². The van der Waals surface area contributed by atoms with Crippen molar-refractivity contribution in [3.8, 4) is 5.75 Å². The Bertz CT molecular complexity index is 423. The Morgan fingerprint density at radius 2 is 2.11 bits per heavy atom. The molecule has 0 heterocycles. The Labute approximate surface area is 122 Å². The van der Waals surface area contributed by atoms with Gasteiger partial charge in [-0.3, -0.25) is 9.69 Å². The van der Waals surface area contributed by atoms with E-state index >= 15 is 0 Å². The summed E-state index contributed by atoms with van der Waals surface area (Å²) in [5, 5.41) is 0. The Balaban J connectivity index is 2.65. The van der Waals surface area contributed by atoms with E-state index in [2.05, 4.69) is 15.9 Å². The first-order valence-corrected chi connectivity index (χ1v) is 7.10. The van der Waals surface area contributed by atoms with Gasteiger partial charge in [0.2, 0.25) is 0 Å². The van der Waals surface area contributed by atoms with E-state index < -0.39 is 0 Å². The summed E-state index contributed by atoms with van der Waals surface area (Å²) in [5.74, 6) is 0.620. The fourth-order valence-electron chi connectivity index (χ4n) is 1.74. The van der Waals surface area contributed by atoms with E-state index in [9.17, 15) is 4.79 Å². The lowest BCUT2D eigenvalue weighted by Gasteiger charge is -2.19. The molecule has 0 atom stereocenters. The third-order valence-electron chi connectivity index (χ3n) is 2.73. The number of likely N-dealkylation sites (N-methyl/N-ethyl adjacent to an activating group) is 1. The van der Waals surface area contributed by atoms with E-state index in [0.29, 0.717) is 19.7 Å². The van der Waals surface area contributed by atoms with E-state index in [-0.39, 0.29) is 5.97 Å². The predicted molar refractivity (Wildman–Crippen MR) is 78.3 cm³/mol. The fraction of sp³-hybridized carbons (Fsp3) is 0.500. The molecular formula is C14H20BrNO3. The zero-order chi connectivity index (χ0) is 14.3. The lowest BCUT2D eigenvalue weighted by atomic mass is 10.2. The second-order valence-electron chi connectivity index (χ2n) is 4.08. The summed E-state index contributed by atoms with van der Waals surface area (Å²) in [6.45, 7) is 6.07. The molecule has 0 N–H and O–H groups in total. The SMILES string of the molecule is CCOC(=O)CN(CC)Cc1ccc(OC)c(Br)c1. The van der Waals surface area contributed by atoms with Gasteiger partial charge < -0.3 is 9.47 Å². The number of carbonyl (C=O) groups is 1. The number of halogens is 1. The Morgan fingerprint density at radius 3 is 2.63 bits per heavy atom. The van der Waals surface area contributed by atoms with Crippen LogP contribution in [0.5, 0.6) is 5.75 Å². The quantitative estimate of drug-likeness (QED) is 0.721. The first kappa shape index (κ1) is 16.0. The van der Waals surface area contributed by atoms with Crippen molar-refractivity contribution >= 4 is 21.9 Å². The van der Waals surface area contributed by atoms with Crippen molar-refractivity contribution in [2.75, 3.05) is 26.8 Å². The molecule has 4 nitrogen and oxygen atoms in total. The molecule has 0 fully saturated rings. The van der Waals surface area contributed by atoms with Crippen molar-refractivity contribution in [2.24, 2.45) is 0 Å². The molecule has 1 rings (SSSR count). The summed E-state index contributed by atoms with van der Waals surface area (Å²) in [4.78, 5) is 13.5. The van der Waals surface area contributed by atoms with Crippen LogP contribution in [0.4, 0.5) is 0 Å². The van der Waals surface area contributed by atoms with E-state index in [1.165, 1.54) is 0 Å². The zero-order valence-electron chi connectivity index (χ0n) is 11.6. The molecule has 0 aliphatic heterocycles. The van der Waals surface area contributed by atoms with E-state index in [1.807, 2.05) is 36.9 Å². The largest absolute Gasteiger partial charge is 0.496 e. The number of hydrogen-bond acceptors (Lipinski definition) is 4. The van der Waals surface area contributed by atoms with Gasteiger partial charge >= 0.3 is 5.97 Å². The summed E-state index contributed by atoms with van der Waals surface area (Å²) < 4.78 is 11.1. The number of nitrogens with zero attached hydrogens (tertiary/aromatic N) is 1. The minimum Gasteiger partial charge on any atom is -0.496 e. The number of rotatable bonds is 7. The molecule has 0 aliphatic carbocycles. The van der Waals surface area contributed by atoms with Gasteiger partial charge in [0.25, 0.3) is 0 Å². The molecule has 0 unspecified atom stereocenters. The minimum absolute atomic E-state index is 0.183. The van der Waals surface area contributed by atoms with Crippen molar-refractivity contribution in [3.63, 3.8) is 0 Å². The molecule has 1 aromatic carbocycles. The van der Waals surface area contributed by atoms with Crippen molar-refractivity contribution in [1.29, 1.82) is 0 Å². The number of esters is 1. The average molecular weight is 330 g/mol. The van der Waals surface area contributed by atoms with Crippen LogP contribution in [0.1, 0.15) is 19.4 Å². The van der Waals surface area contributed by atoms with Crippen molar-refractivity contribution in [2.45, 2.75) is 20.4 Å². The monoisotopic (exact) mass is 329 g/mol. The molecule has 5 heteroatoms. The lowest BCUT2D eigenvalue weighted by molar-refractivity contribution is -0.144. The molecule has 0 saturated carbocycles. The van der Waals surface area contributed by atoms with E-state index in [1.54, 1.807) is 7.11 Å². The van der Waals surface area contributed by atoms with Crippen LogP contribution in [0.25, 0.3) is 0 Å². The number of carbonyl (C=O) groups excluding carboxylic acids is 1. The third kappa shape index (κ3) is 5.20. The van der Waals surface area contributed by atoms with E-state index in [4.69, 9.17) is 9.47 Å². The highest BCUT2D eigenvalue weighted by Gasteiger charge is 2.11. The maximum atomic E-state index is 11.5. The lowest BCUT2D eigenvalue weighted by Crippen LogP contribution is -2.30. The summed E-state index contributed by atoms with van der Waals surface area (Å²) >= 11 is 3.46. The molecule has 0 aromatic heterocycles. The van der Waals surface area contributed by atoms with Crippen LogP contribution in [-0.4, -0.2) is 37.7 Å². The summed E-state index contributed by atoms with van der Waals surface area (Å²) in [6.07, 6.45) is 0. The topological polar surface area (TPSA) is 38.8 Å². The molecule has 0 aliphatic rings. The summed E-state index contributed by atoms with van der Waals surface area (Å²) in [6, 6.07) is 5.92. The number of hydrogen-bond donors (Lipinski definition) is 0. The molecule has 106 valence electrons. The molecule has 0 spiro atoms. The Hall–Kier alpha value is -1.07. The Kier molecular flexibility index (Phi) is 6.87. The van der Waals surface area contributed by atoms with Gasteiger partial charge in [-0.25, -0.2) is 0 Å². The second-order valence-corrected chi connectivity index (χ2v) is 4.93.